The number of benzene rings is 1. The van der Waals surface area contributed by atoms with Crippen molar-refractivity contribution < 1.29 is 0 Å². The van der Waals surface area contributed by atoms with Crippen molar-refractivity contribution in [2.75, 3.05) is 6.54 Å². The Morgan fingerprint density at radius 3 is 2.65 bits per heavy atom. The maximum absolute atomic E-state index is 5.96. The van der Waals surface area contributed by atoms with Gasteiger partial charge in [0.2, 0.25) is 0 Å². The average Bonchev–Trinajstić information content (AvgIpc) is 3.04. The summed E-state index contributed by atoms with van der Waals surface area (Å²) in [7, 11) is 0. The van der Waals surface area contributed by atoms with Gasteiger partial charge in [0.1, 0.15) is 0 Å². The van der Waals surface area contributed by atoms with Gasteiger partial charge < -0.3 is 11.1 Å². The highest BCUT2D eigenvalue weighted by Crippen LogP contribution is 2.40. The minimum absolute atomic E-state index is 0.0237. The molecule has 0 amide bonds. The van der Waals surface area contributed by atoms with Gasteiger partial charge in [-0.15, -0.1) is 0 Å². The van der Waals surface area contributed by atoms with E-state index in [9.17, 15) is 0 Å². The average molecular weight is 232 g/mol. The van der Waals surface area contributed by atoms with E-state index in [1.54, 1.807) is 0 Å². The molecule has 0 radical (unpaired) electrons. The lowest BCUT2D eigenvalue weighted by atomic mass is 10.0. The summed E-state index contributed by atoms with van der Waals surface area (Å²) < 4.78 is 0. The molecular weight excluding hydrogens is 208 g/mol. The van der Waals surface area contributed by atoms with Crippen molar-refractivity contribution in [3.8, 4) is 0 Å². The van der Waals surface area contributed by atoms with Crippen LogP contribution in [0.25, 0.3) is 0 Å². The van der Waals surface area contributed by atoms with E-state index in [2.05, 4.69) is 49.5 Å². The highest BCUT2D eigenvalue weighted by Gasteiger charge is 2.37. The van der Waals surface area contributed by atoms with Crippen LogP contribution in [0.1, 0.15) is 44.6 Å². The lowest BCUT2D eigenvalue weighted by Gasteiger charge is -2.18. The van der Waals surface area contributed by atoms with Gasteiger partial charge in [0, 0.05) is 17.5 Å². The van der Waals surface area contributed by atoms with E-state index < -0.39 is 0 Å². The minimum Gasteiger partial charge on any atom is -0.326 e. The Balaban J connectivity index is 1.64. The number of hydrogen-bond acceptors (Lipinski definition) is 2. The zero-order valence-electron chi connectivity index (χ0n) is 10.9. The molecule has 0 aromatic heterocycles. The van der Waals surface area contributed by atoms with E-state index in [1.165, 1.54) is 18.4 Å². The molecule has 0 bridgehead atoms. The highest BCUT2D eigenvalue weighted by atomic mass is 15.0. The molecule has 94 valence electrons. The Labute approximate surface area is 105 Å². The SMILES string of the molecule is CC(C)(N)CCCNC1CC1c1ccccc1. The van der Waals surface area contributed by atoms with Crippen LogP contribution >= 0.6 is 0 Å². The molecule has 2 heteroatoms. The summed E-state index contributed by atoms with van der Waals surface area (Å²) in [5, 5.41) is 3.62. The van der Waals surface area contributed by atoms with Crippen LogP contribution in [0.5, 0.6) is 0 Å². The molecule has 0 spiro atoms. The van der Waals surface area contributed by atoms with Crippen LogP contribution in [0.15, 0.2) is 30.3 Å². The molecule has 1 aromatic rings. The Morgan fingerprint density at radius 2 is 2.00 bits per heavy atom. The summed E-state index contributed by atoms with van der Waals surface area (Å²) in [6, 6.07) is 11.5. The molecule has 3 N–H and O–H groups in total. The number of hydrogen-bond donors (Lipinski definition) is 2. The van der Waals surface area contributed by atoms with Gasteiger partial charge in [0.25, 0.3) is 0 Å². The third-order valence-corrected chi connectivity index (χ3v) is 3.42. The molecular formula is C15H24N2. The molecule has 2 nitrogen and oxygen atoms in total. The van der Waals surface area contributed by atoms with E-state index in [4.69, 9.17) is 5.73 Å². The molecule has 2 rings (SSSR count). The van der Waals surface area contributed by atoms with Crippen LogP contribution in [0.2, 0.25) is 0 Å². The first-order valence-electron chi connectivity index (χ1n) is 6.63. The van der Waals surface area contributed by atoms with E-state index in [1.807, 2.05) is 0 Å². The van der Waals surface area contributed by atoms with Gasteiger partial charge in [-0.1, -0.05) is 30.3 Å². The zero-order valence-corrected chi connectivity index (χ0v) is 10.9. The molecule has 1 aliphatic rings. The monoisotopic (exact) mass is 232 g/mol. The molecule has 1 saturated carbocycles. The molecule has 2 atom stereocenters. The Bertz CT molecular complexity index is 340. The number of nitrogens with two attached hydrogens (primary N) is 1. The fraction of sp³-hybridized carbons (Fsp3) is 0.600. The second kappa shape index (κ2) is 5.19. The van der Waals surface area contributed by atoms with Gasteiger partial charge >= 0.3 is 0 Å². The maximum atomic E-state index is 5.96. The van der Waals surface area contributed by atoms with Gasteiger partial charge in [-0.2, -0.15) is 0 Å². The second-order valence-electron chi connectivity index (χ2n) is 5.91. The van der Waals surface area contributed by atoms with Crippen molar-refractivity contribution in [2.45, 2.75) is 50.6 Å². The van der Waals surface area contributed by atoms with Crippen molar-refractivity contribution in [1.82, 2.24) is 5.32 Å². The van der Waals surface area contributed by atoms with Crippen LogP contribution in [-0.2, 0) is 0 Å². The zero-order chi connectivity index (χ0) is 12.3. The van der Waals surface area contributed by atoms with E-state index in [-0.39, 0.29) is 5.54 Å². The molecule has 1 fully saturated rings. The first-order valence-corrected chi connectivity index (χ1v) is 6.63. The minimum atomic E-state index is -0.0237. The van der Waals surface area contributed by atoms with Crippen molar-refractivity contribution in [2.24, 2.45) is 5.73 Å². The van der Waals surface area contributed by atoms with Crippen molar-refractivity contribution in [3.63, 3.8) is 0 Å². The Kier molecular flexibility index (Phi) is 3.85. The van der Waals surface area contributed by atoms with Crippen LogP contribution < -0.4 is 11.1 Å². The molecule has 1 aliphatic carbocycles. The van der Waals surface area contributed by atoms with Crippen molar-refractivity contribution >= 4 is 0 Å². The Hall–Kier alpha value is -0.860. The normalized spacial score (nSPS) is 23.7. The van der Waals surface area contributed by atoms with E-state index >= 15 is 0 Å². The van der Waals surface area contributed by atoms with Crippen LogP contribution in [-0.4, -0.2) is 18.1 Å². The van der Waals surface area contributed by atoms with Crippen LogP contribution in [0.3, 0.4) is 0 Å². The lowest BCUT2D eigenvalue weighted by Crippen LogP contribution is -2.33. The highest BCUT2D eigenvalue weighted by molar-refractivity contribution is 5.27. The molecule has 17 heavy (non-hydrogen) atoms. The van der Waals surface area contributed by atoms with Crippen LogP contribution in [0, 0.1) is 0 Å². The van der Waals surface area contributed by atoms with E-state index in [0.29, 0.717) is 6.04 Å². The second-order valence-corrected chi connectivity index (χ2v) is 5.91. The predicted molar refractivity (Wildman–Crippen MR) is 73.1 cm³/mol. The van der Waals surface area contributed by atoms with Crippen molar-refractivity contribution in [3.05, 3.63) is 35.9 Å². The summed E-state index contributed by atoms with van der Waals surface area (Å²) in [6.07, 6.45) is 3.54. The smallest absolute Gasteiger partial charge is 0.0143 e. The first kappa shape index (κ1) is 12.6. The summed E-state index contributed by atoms with van der Waals surface area (Å²) in [6.45, 7) is 5.28. The molecule has 0 heterocycles. The summed E-state index contributed by atoms with van der Waals surface area (Å²) in [5.41, 5.74) is 7.41. The van der Waals surface area contributed by atoms with Crippen molar-refractivity contribution in [1.29, 1.82) is 0 Å². The van der Waals surface area contributed by atoms with E-state index in [0.717, 1.165) is 18.9 Å². The van der Waals surface area contributed by atoms with Crippen LogP contribution in [0.4, 0.5) is 0 Å². The maximum Gasteiger partial charge on any atom is 0.0143 e. The standard InChI is InChI=1S/C15H24N2/c1-15(2,16)9-6-10-17-14-11-13(14)12-7-4-3-5-8-12/h3-5,7-8,13-14,17H,6,9-11,16H2,1-2H3. The summed E-state index contributed by atoms with van der Waals surface area (Å²) in [5.74, 6) is 0.738. The Morgan fingerprint density at radius 1 is 1.29 bits per heavy atom. The number of nitrogens with one attached hydrogen (secondary N) is 1. The topological polar surface area (TPSA) is 38.0 Å². The van der Waals surface area contributed by atoms with Gasteiger partial charge in [-0.05, 0) is 45.2 Å². The molecule has 0 aliphatic heterocycles. The van der Waals surface area contributed by atoms with Gasteiger partial charge in [0.05, 0.1) is 0 Å². The number of rotatable bonds is 6. The largest absolute Gasteiger partial charge is 0.326 e. The summed E-state index contributed by atoms with van der Waals surface area (Å²) in [4.78, 5) is 0. The van der Waals surface area contributed by atoms with Gasteiger partial charge in [-0.25, -0.2) is 0 Å². The predicted octanol–water partition coefficient (Wildman–Crippen LogP) is 2.65. The molecule has 1 aromatic carbocycles. The summed E-state index contributed by atoms with van der Waals surface area (Å²) >= 11 is 0. The molecule has 0 saturated heterocycles. The van der Waals surface area contributed by atoms with Gasteiger partial charge in [-0.3, -0.25) is 0 Å². The molecule has 2 unspecified atom stereocenters. The quantitative estimate of drug-likeness (QED) is 0.740. The fourth-order valence-corrected chi connectivity index (χ4v) is 2.32. The fourth-order valence-electron chi connectivity index (χ4n) is 2.32. The third-order valence-electron chi connectivity index (χ3n) is 3.42. The van der Waals surface area contributed by atoms with Gasteiger partial charge in [0.15, 0.2) is 0 Å². The lowest BCUT2D eigenvalue weighted by molar-refractivity contribution is 0.447. The first-order chi connectivity index (χ1) is 8.06. The third kappa shape index (κ3) is 4.14.